The van der Waals surface area contributed by atoms with Gasteiger partial charge in [-0.25, -0.2) is 8.42 Å². The van der Waals surface area contributed by atoms with E-state index in [9.17, 15) is 13.2 Å². The van der Waals surface area contributed by atoms with Gasteiger partial charge in [-0.05, 0) is 19.3 Å². The van der Waals surface area contributed by atoms with Crippen molar-refractivity contribution in [2.45, 2.75) is 25.5 Å². The molecule has 0 aromatic carbocycles. The summed E-state index contributed by atoms with van der Waals surface area (Å²) < 4.78 is 22.6. The van der Waals surface area contributed by atoms with Crippen LogP contribution in [0.2, 0.25) is 0 Å². The number of carbonyl (C=O) groups is 1. The molecule has 4 heteroatoms. The Morgan fingerprint density at radius 3 is 2.42 bits per heavy atom. The Hall–Kier alpha value is -0.380. The van der Waals surface area contributed by atoms with Gasteiger partial charge < -0.3 is 4.79 Å². The molecule has 1 fully saturated rings. The van der Waals surface area contributed by atoms with Gasteiger partial charge in [-0.3, -0.25) is 0 Å². The van der Waals surface area contributed by atoms with Crippen LogP contribution in [0.5, 0.6) is 0 Å². The van der Waals surface area contributed by atoms with Crippen LogP contribution in [-0.4, -0.2) is 25.7 Å². The summed E-state index contributed by atoms with van der Waals surface area (Å²) in [6.45, 7) is 3.50. The van der Waals surface area contributed by atoms with Crippen LogP contribution in [0.1, 0.15) is 20.3 Å². The van der Waals surface area contributed by atoms with Crippen molar-refractivity contribution in [3.05, 3.63) is 0 Å². The summed E-state index contributed by atoms with van der Waals surface area (Å²) >= 11 is 0. The lowest BCUT2D eigenvalue weighted by molar-refractivity contribution is -0.111. The molecule has 70 valence electrons. The summed E-state index contributed by atoms with van der Waals surface area (Å²) in [5, 5.41) is -0.259. The molecule has 0 aliphatic carbocycles. The lowest BCUT2D eigenvalue weighted by Crippen LogP contribution is -2.14. The first-order valence-corrected chi connectivity index (χ1v) is 5.85. The molecular weight excluding hydrogens is 176 g/mol. The van der Waals surface area contributed by atoms with E-state index in [1.54, 1.807) is 13.8 Å². The summed E-state index contributed by atoms with van der Waals surface area (Å²) in [5.41, 5.74) is 0. The Bertz CT molecular complexity index is 268. The van der Waals surface area contributed by atoms with Crippen molar-refractivity contribution in [2.24, 2.45) is 11.8 Å². The molecule has 1 aliphatic heterocycles. The van der Waals surface area contributed by atoms with Crippen LogP contribution in [0.25, 0.3) is 0 Å². The summed E-state index contributed by atoms with van der Waals surface area (Å²) in [6, 6.07) is 0. The van der Waals surface area contributed by atoms with Crippen molar-refractivity contribution in [2.75, 3.05) is 5.75 Å². The average Bonchev–Trinajstić information content (AvgIpc) is 2.25. The zero-order chi connectivity index (χ0) is 9.35. The molecule has 0 N–H and O–H groups in total. The van der Waals surface area contributed by atoms with E-state index >= 15 is 0 Å². The lowest BCUT2D eigenvalue weighted by Gasteiger charge is -2.09. The van der Waals surface area contributed by atoms with Crippen molar-refractivity contribution in [1.29, 1.82) is 0 Å². The average molecular weight is 190 g/mol. The summed E-state index contributed by atoms with van der Waals surface area (Å²) in [4.78, 5) is 10.4. The molecule has 0 saturated carbocycles. The van der Waals surface area contributed by atoms with Crippen LogP contribution in [-0.2, 0) is 14.6 Å². The zero-order valence-electron chi connectivity index (χ0n) is 7.36. The maximum Gasteiger partial charge on any atom is 0.153 e. The van der Waals surface area contributed by atoms with Gasteiger partial charge in [0.15, 0.2) is 9.84 Å². The van der Waals surface area contributed by atoms with Gasteiger partial charge in [-0.1, -0.05) is 6.92 Å². The molecule has 3 atom stereocenters. The number of aldehydes is 1. The van der Waals surface area contributed by atoms with E-state index < -0.39 is 9.84 Å². The Kier molecular flexibility index (Phi) is 2.56. The fourth-order valence-corrected chi connectivity index (χ4v) is 3.49. The van der Waals surface area contributed by atoms with Crippen molar-refractivity contribution < 1.29 is 13.2 Å². The number of hydrogen-bond acceptors (Lipinski definition) is 3. The minimum atomic E-state index is -2.89. The second kappa shape index (κ2) is 3.17. The van der Waals surface area contributed by atoms with Gasteiger partial charge in [0.05, 0.1) is 11.0 Å². The lowest BCUT2D eigenvalue weighted by atomic mass is 9.93. The molecule has 3 nitrogen and oxygen atoms in total. The fourth-order valence-electron chi connectivity index (χ4n) is 1.58. The first-order chi connectivity index (χ1) is 5.47. The van der Waals surface area contributed by atoms with Crippen LogP contribution in [0.3, 0.4) is 0 Å². The minimum Gasteiger partial charge on any atom is -0.303 e. The largest absolute Gasteiger partial charge is 0.303 e. The van der Waals surface area contributed by atoms with Crippen LogP contribution in [0.4, 0.5) is 0 Å². The van der Waals surface area contributed by atoms with Gasteiger partial charge in [0.2, 0.25) is 0 Å². The summed E-state index contributed by atoms with van der Waals surface area (Å²) in [5.74, 6) is 0.112. The highest BCUT2D eigenvalue weighted by molar-refractivity contribution is 7.92. The predicted molar refractivity (Wildman–Crippen MR) is 46.6 cm³/mol. The first kappa shape index (κ1) is 9.71. The van der Waals surface area contributed by atoms with Gasteiger partial charge >= 0.3 is 0 Å². The van der Waals surface area contributed by atoms with E-state index in [0.717, 1.165) is 6.29 Å². The zero-order valence-corrected chi connectivity index (χ0v) is 8.17. The van der Waals surface area contributed by atoms with Crippen molar-refractivity contribution in [3.8, 4) is 0 Å². The molecule has 1 rings (SSSR count). The topological polar surface area (TPSA) is 51.2 Å². The first-order valence-electron chi connectivity index (χ1n) is 4.14. The molecule has 0 aromatic rings. The van der Waals surface area contributed by atoms with Gasteiger partial charge in [0.25, 0.3) is 0 Å². The Labute approximate surface area is 73.1 Å². The SMILES string of the molecule is CC(C=O)C1CC(C)S(=O)(=O)C1. The third-order valence-corrected chi connectivity index (χ3v) is 4.96. The van der Waals surface area contributed by atoms with E-state index in [1.807, 2.05) is 0 Å². The van der Waals surface area contributed by atoms with Crippen LogP contribution >= 0.6 is 0 Å². The minimum absolute atomic E-state index is 0.0440. The predicted octanol–water partition coefficient (Wildman–Crippen LogP) is 0.645. The second-order valence-corrected chi connectivity index (χ2v) is 6.09. The van der Waals surface area contributed by atoms with E-state index in [-0.39, 0.29) is 22.8 Å². The smallest absolute Gasteiger partial charge is 0.153 e. The highest BCUT2D eigenvalue weighted by atomic mass is 32.2. The molecule has 0 amide bonds. The molecule has 1 saturated heterocycles. The van der Waals surface area contributed by atoms with Crippen molar-refractivity contribution >= 4 is 16.1 Å². The monoisotopic (exact) mass is 190 g/mol. The molecule has 0 bridgehead atoms. The molecule has 1 aliphatic rings. The second-order valence-electron chi connectivity index (χ2n) is 3.63. The maximum atomic E-state index is 11.3. The van der Waals surface area contributed by atoms with Gasteiger partial charge in [-0.2, -0.15) is 0 Å². The van der Waals surface area contributed by atoms with Gasteiger partial charge in [0.1, 0.15) is 6.29 Å². The third kappa shape index (κ3) is 1.68. The number of rotatable bonds is 2. The molecule has 0 radical (unpaired) electrons. The number of hydrogen-bond donors (Lipinski definition) is 0. The number of sulfone groups is 1. The summed E-state index contributed by atoms with van der Waals surface area (Å²) in [7, 11) is -2.89. The third-order valence-electron chi connectivity index (χ3n) is 2.65. The normalized spacial score (nSPS) is 36.2. The molecule has 3 unspecified atom stereocenters. The van der Waals surface area contributed by atoms with E-state index in [0.29, 0.717) is 6.42 Å². The molecule has 0 aromatic heterocycles. The Balaban J connectivity index is 2.73. The standard InChI is InChI=1S/C8H14O3S/c1-6(4-9)8-3-7(2)12(10,11)5-8/h4,6-8H,3,5H2,1-2H3. The maximum absolute atomic E-state index is 11.3. The van der Waals surface area contributed by atoms with Crippen molar-refractivity contribution in [1.82, 2.24) is 0 Å². The van der Waals surface area contributed by atoms with E-state index in [1.165, 1.54) is 0 Å². The van der Waals surface area contributed by atoms with Crippen LogP contribution in [0, 0.1) is 11.8 Å². The molecule has 0 spiro atoms. The van der Waals surface area contributed by atoms with E-state index in [2.05, 4.69) is 0 Å². The van der Waals surface area contributed by atoms with E-state index in [4.69, 9.17) is 0 Å². The molecular formula is C8H14O3S. The van der Waals surface area contributed by atoms with Gasteiger partial charge in [-0.15, -0.1) is 0 Å². The van der Waals surface area contributed by atoms with Crippen molar-refractivity contribution in [3.63, 3.8) is 0 Å². The Morgan fingerprint density at radius 1 is 1.50 bits per heavy atom. The molecule has 12 heavy (non-hydrogen) atoms. The van der Waals surface area contributed by atoms with Gasteiger partial charge in [0, 0.05) is 5.92 Å². The highest BCUT2D eigenvalue weighted by Gasteiger charge is 2.37. The highest BCUT2D eigenvalue weighted by Crippen LogP contribution is 2.29. The fraction of sp³-hybridized carbons (Fsp3) is 0.875. The quantitative estimate of drug-likeness (QED) is 0.600. The molecule has 1 heterocycles. The summed E-state index contributed by atoms with van der Waals surface area (Å²) in [6.07, 6.45) is 1.49. The Morgan fingerprint density at radius 2 is 2.08 bits per heavy atom. The van der Waals surface area contributed by atoms with Crippen LogP contribution < -0.4 is 0 Å². The number of carbonyl (C=O) groups excluding carboxylic acids is 1. The van der Waals surface area contributed by atoms with Crippen LogP contribution in [0.15, 0.2) is 0 Å².